The number of aromatic amines is 1. The van der Waals surface area contributed by atoms with Gasteiger partial charge in [0.15, 0.2) is 11.5 Å². The average Bonchev–Trinajstić information content (AvgIpc) is 3.36. The van der Waals surface area contributed by atoms with E-state index in [2.05, 4.69) is 9.97 Å². The van der Waals surface area contributed by atoms with E-state index >= 15 is 0 Å². The van der Waals surface area contributed by atoms with Gasteiger partial charge in [-0.1, -0.05) is 29.8 Å². The molecule has 0 aliphatic rings. The predicted molar refractivity (Wildman–Crippen MR) is 113 cm³/mol. The van der Waals surface area contributed by atoms with Gasteiger partial charge in [0.2, 0.25) is 0 Å². The number of carbonyl (C=O) groups excluding carboxylic acids is 1. The van der Waals surface area contributed by atoms with Crippen LogP contribution >= 0.6 is 22.9 Å². The molecule has 6 nitrogen and oxygen atoms in total. The van der Waals surface area contributed by atoms with Crippen LogP contribution in [0, 0.1) is 0 Å². The number of halogens is 1. The molecule has 0 fully saturated rings. The van der Waals surface area contributed by atoms with Crippen molar-refractivity contribution in [1.82, 2.24) is 9.97 Å². The normalized spacial score (nSPS) is 10.9. The third-order valence-corrected chi connectivity index (χ3v) is 5.71. The van der Waals surface area contributed by atoms with Crippen LogP contribution in [0.4, 0.5) is 0 Å². The summed E-state index contributed by atoms with van der Waals surface area (Å²) < 4.78 is 16.0. The van der Waals surface area contributed by atoms with Crippen LogP contribution in [0.15, 0.2) is 47.8 Å². The summed E-state index contributed by atoms with van der Waals surface area (Å²) >= 11 is 7.76. The van der Waals surface area contributed by atoms with E-state index in [9.17, 15) is 4.79 Å². The van der Waals surface area contributed by atoms with E-state index in [1.54, 1.807) is 14.2 Å². The van der Waals surface area contributed by atoms with Gasteiger partial charge in [-0.2, -0.15) is 0 Å². The van der Waals surface area contributed by atoms with E-state index < -0.39 is 5.97 Å². The second-order valence-corrected chi connectivity index (χ2v) is 7.39. The molecule has 0 saturated carbocycles. The van der Waals surface area contributed by atoms with Gasteiger partial charge in [0.25, 0.3) is 0 Å². The molecule has 0 radical (unpaired) electrons. The van der Waals surface area contributed by atoms with Crippen molar-refractivity contribution in [3.8, 4) is 22.1 Å². The largest absolute Gasteiger partial charge is 0.493 e. The Kier molecular flexibility index (Phi) is 5.42. The number of H-pyrrole nitrogens is 1. The van der Waals surface area contributed by atoms with E-state index in [1.807, 2.05) is 47.8 Å². The van der Waals surface area contributed by atoms with Crippen molar-refractivity contribution in [3.05, 3.63) is 64.3 Å². The lowest BCUT2D eigenvalue weighted by molar-refractivity contribution is 0.0463. The maximum absolute atomic E-state index is 12.4. The minimum absolute atomic E-state index is 0.0499. The first kappa shape index (κ1) is 19.3. The van der Waals surface area contributed by atoms with Gasteiger partial charge >= 0.3 is 5.97 Å². The Hall–Kier alpha value is -3.03. The van der Waals surface area contributed by atoms with Gasteiger partial charge in [0, 0.05) is 21.8 Å². The number of thiazole rings is 1. The number of methoxy groups -OCH3 is 2. The van der Waals surface area contributed by atoms with Crippen LogP contribution in [-0.2, 0) is 11.3 Å². The van der Waals surface area contributed by atoms with Gasteiger partial charge in [0.05, 0.1) is 24.9 Å². The third-order valence-electron chi connectivity index (χ3n) is 4.38. The first-order valence-corrected chi connectivity index (χ1v) is 9.96. The highest BCUT2D eigenvalue weighted by molar-refractivity contribution is 7.13. The van der Waals surface area contributed by atoms with Crippen LogP contribution in [0.2, 0.25) is 5.02 Å². The molecule has 1 N–H and O–H groups in total. The highest BCUT2D eigenvalue weighted by Gasteiger charge is 2.18. The Balaban J connectivity index is 1.48. The summed E-state index contributed by atoms with van der Waals surface area (Å²) in [6, 6.07) is 13.0. The summed E-state index contributed by atoms with van der Waals surface area (Å²) in [5.74, 6) is 0.755. The lowest BCUT2D eigenvalue weighted by atomic mass is 10.2. The third kappa shape index (κ3) is 3.79. The van der Waals surface area contributed by atoms with Crippen molar-refractivity contribution in [1.29, 1.82) is 0 Å². The molecule has 0 saturated heterocycles. The fourth-order valence-electron chi connectivity index (χ4n) is 2.94. The number of benzene rings is 2. The van der Waals surface area contributed by atoms with Crippen LogP contribution in [0.3, 0.4) is 0 Å². The first-order chi connectivity index (χ1) is 14.1. The molecule has 0 aliphatic heterocycles. The zero-order valence-electron chi connectivity index (χ0n) is 15.7. The van der Waals surface area contributed by atoms with Crippen LogP contribution in [0.1, 0.15) is 16.2 Å². The molecule has 0 amide bonds. The molecule has 4 rings (SSSR count). The van der Waals surface area contributed by atoms with E-state index in [0.29, 0.717) is 22.2 Å². The number of nitrogens with zero attached hydrogens (tertiary/aromatic N) is 1. The summed E-state index contributed by atoms with van der Waals surface area (Å²) in [4.78, 5) is 20.0. The number of ether oxygens (including phenoxy) is 3. The predicted octanol–water partition coefficient (Wildman–Crippen LogP) is 5.32. The minimum Gasteiger partial charge on any atom is -0.493 e. The van der Waals surface area contributed by atoms with Crippen LogP contribution < -0.4 is 9.47 Å². The maximum atomic E-state index is 12.4. The minimum atomic E-state index is -0.521. The summed E-state index contributed by atoms with van der Waals surface area (Å²) in [6.07, 6.45) is 0. The van der Waals surface area contributed by atoms with E-state index in [1.165, 1.54) is 11.3 Å². The first-order valence-electron chi connectivity index (χ1n) is 8.71. The fourth-order valence-corrected chi connectivity index (χ4v) is 4.03. The SMILES string of the molecule is COc1ccc(-c2nc(COC(=O)c3[nH]c4ccccc4c3Cl)cs2)cc1OC. The molecule has 0 aliphatic carbocycles. The number of hydrogen-bond acceptors (Lipinski definition) is 6. The van der Waals surface area contributed by atoms with Crippen molar-refractivity contribution in [3.63, 3.8) is 0 Å². The van der Waals surface area contributed by atoms with Gasteiger partial charge in [-0.05, 0) is 24.3 Å². The number of esters is 1. The number of hydrogen-bond donors (Lipinski definition) is 1. The number of fused-ring (bicyclic) bond motifs is 1. The zero-order chi connectivity index (χ0) is 20.4. The molecular formula is C21H17ClN2O4S. The highest BCUT2D eigenvalue weighted by atomic mass is 35.5. The second-order valence-electron chi connectivity index (χ2n) is 6.15. The number of para-hydroxylation sites is 1. The van der Waals surface area contributed by atoms with Crippen LogP contribution in [0.5, 0.6) is 11.5 Å². The van der Waals surface area contributed by atoms with Crippen molar-refractivity contribution in [2.24, 2.45) is 0 Å². The monoisotopic (exact) mass is 428 g/mol. The number of nitrogens with one attached hydrogen (secondary N) is 1. The van der Waals surface area contributed by atoms with E-state index in [4.69, 9.17) is 25.8 Å². The Morgan fingerprint density at radius 3 is 2.69 bits per heavy atom. The lowest BCUT2D eigenvalue weighted by Gasteiger charge is -2.08. The lowest BCUT2D eigenvalue weighted by Crippen LogP contribution is -2.06. The Labute approximate surface area is 176 Å². The second kappa shape index (κ2) is 8.14. The van der Waals surface area contributed by atoms with E-state index in [-0.39, 0.29) is 12.3 Å². The topological polar surface area (TPSA) is 73.4 Å². The molecule has 2 heterocycles. The number of rotatable bonds is 6. The highest BCUT2D eigenvalue weighted by Crippen LogP contribution is 2.34. The molecule has 148 valence electrons. The average molecular weight is 429 g/mol. The molecule has 0 atom stereocenters. The molecule has 2 aromatic heterocycles. The molecule has 0 bridgehead atoms. The van der Waals surface area contributed by atoms with Gasteiger partial charge in [-0.3, -0.25) is 0 Å². The fraction of sp³-hybridized carbons (Fsp3) is 0.143. The van der Waals surface area contributed by atoms with Crippen molar-refractivity contribution in [2.45, 2.75) is 6.61 Å². The molecule has 29 heavy (non-hydrogen) atoms. The standard InChI is InChI=1S/C21H17ClN2O4S/c1-26-16-8-7-12(9-17(16)27-2)20-23-13(11-29-20)10-28-21(25)19-18(22)14-5-3-4-6-15(14)24-19/h3-9,11,24H,10H2,1-2H3. The smallest absolute Gasteiger partial charge is 0.356 e. The van der Waals surface area contributed by atoms with Crippen LogP contribution in [0.25, 0.3) is 21.5 Å². The van der Waals surface area contributed by atoms with Crippen molar-refractivity contribution in [2.75, 3.05) is 14.2 Å². The molecule has 4 aromatic rings. The van der Waals surface area contributed by atoms with E-state index in [0.717, 1.165) is 21.5 Å². The molecular weight excluding hydrogens is 412 g/mol. The molecule has 0 spiro atoms. The maximum Gasteiger partial charge on any atom is 0.356 e. The summed E-state index contributed by atoms with van der Waals surface area (Å²) in [5, 5.41) is 3.78. The summed E-state index contributed by atoms with van der Waals surface area (Å²) in [6.45, 7) is 0.0499. The molecule has 2 aromatic carbocycles. The number of carbonyl (C=O) groups is 1. The van der Waals surface area contributed by atoms with Crippen molar-refractivity contribution >= 4 is 39.8 Å². The molecule has 0 unspecified atom stereocenters. The number of aromatic nitrogens is 2. The Morgan fingerprint density at radius 1 is 1.14 bits per heavy atom. The van der Waals surface area contributed by atoms with Crippen molar-refractivity contribution < 1.29 is 19.0 Å². The van der Waals surface area contributed by atoms with Gasteiger partial charge in [-0.15, -0.1) is 11.3 Å². The Bertz CT molecular complexity index is 1180. The van der Waals surface area contributed by atoms with Gasteiger partial charge < -0.3 is 19.2 Å². The Morgan fingerprint density at radius 2 is 1.93 bits per heavy atom. The van der Waals surface area contributed by atoms with Crippen LogP contribution in [-0.4, -0.2) is 30.2 Å². The zero-order valence-corrected chi connectivity index (χ0v) is 17.3. The summed E-state index contributed by atoms with van der Waals surface area (Å²) in [5.41, 5.74) is 2.57. The quantitative estimate of drug-likeness (QED) is 0.421. The summed E-state index contributed by atoms with van der Waals surface area (Å²) in [7, 11) is 3.18. The molecule has 8 heteroatoms. The van der Waals surface area contributed by atoms with Gasteiger partial charge in [0.1, 0.15) is 17.3 Å². The van der Waals surface area contributed by atoms with Gasteiger partial charge in [-0.25, -0.2) is 9.78 Å².